The third-order valence-electron chi connectivity index (χ3n) is 3.37. The summed E-state index contributed by atoms with van der Waals surface area (Å²) in [5.74, 6) is 0.551. The Labute approximate surface area is 134 Å². The van der Waals surface area contributed by atoms with Crippen LogP contribution >= 0.6 is 11.6 Å². The smallest absolute Gasteiger partial charge is 0.0637 e. The van der Waals surface area contributed by atoms with Crippen LogP contribution in [-0.4, -0.2) is 10.5 Å². The Bertz CT molecular complexity index is 670. The molecule has 0 saturated heterocycles. The zero-order chi connectivity index (χ0) is 15.4. The Morgan fingerprint density at radius 3 is 2.57 bits per heavy atom. The lowest BCUT2D eigenvalue weighted by Gasteiger charge is -2.12. The van der Waals surface area contributed by atoms with E-state index in [0.717, 1.165) is 17.8 Å². The van der Waals surface area contributed by atoms with Crippen LogP contribution in [0.2, 0.25) is 5.02 Å². The molecule has 0 aliphatic rings. The maximum atomic E-state index is 11.3. The van der Waals surface area contributed by atoms with Gasteiger partial charge in [0.2, 0.25) is 0 Å². The van der Waals surface area contributed by atoms with E-state index in [2.05, 4.69) is 37.4 Å². The van der Waals surface area contributed by atoms with Gasteiger partial charge in [-0.05, 0) is 42.7 Å². The van der Waals surface area contributed by atoms with Crippen LogP contribution in [0.4, 0.5) is 5.69 Å². The fourth-order valence-corrected chi connectivity index (χ4v) is 3.10. The molecular formula is C17H20ClNOS. The third kappa shape index (κ3) is 4.58. The molecule has 1 N–H and O–H groups in total. The summed E-state index contributed by atoms with van der Waals surface area (Å²) in [5.41, 5.74) is 5.70. The predicted octanol–water partition coefficient (Wildman–Crippen LogP) is 4.45. The van der Waals surface area contributed by atoms with Crippen LogP contribution in [0.5, 0.6) is 0 Å². The van der Waals surface area contributed by atoms with E-state index in [1.807, 2.05) is 18.2 Å². The minimum Gasteiger partial charge on any atom is -0.380 e. The molecule has 0 radical (unpaired) electrons. The van der Waals surface area contributed by atoms with Gasteiger partial charge in [0.05, 0.1) is 10.7 Å². The first kappa shape index (κ1) is 16.1. The van der Waals surface area contributed by atoms with E-state index in [1.165, 1.54) is 16.7 Å². The average Bonchev–Trinajstić information content (AvgIpc) is 2.40. The molecule has 2 rings (SSSR count). The fraction of sp³-hybridized carbons (Fsp3) is 0.294. The quantitative estimate of drug-likeness (QED) is 0.881. The van der Waals surface area contributed by atoms with Crippen molar-refractivity contribution in [2.45, 2.75) is 26.1 Å². The van der Waals surface area contributed by atoms with Crippen molar-refractivity contribution in [1.82, 2.24) is 0 Å². The Balaban J connectivity index is 2.13. The second-order valence-electron chi connectivity index (χ2n) is 5.32. The number of aryl methyl sites for hydroxylation is 2. The Morgan fingerprint density at radius 1 is 1.14 bits per heavy atom. The van der Waals surface area contributed by atoms with Gasteiger partial charge in [0, 0.05) is 29.4 Å². The highest BCUT2D eigenvalue weighted by molar-refractivity contribution is 7.83. The van der Waals surface area contributed by atoms with Crippen molar-refractivity contribution in [2.24, 2.45) is 0 Å². The van der Waals surface area contributed by atoms with Gasteiger partial charge in [-0.1, -0.05) is 41.4 Å². The van der Waals surface area contributed by atoms with Gasteiger partial charge in [-0.3, -0.25) is 4.21 Å². The number of halogens is 1. The van der Waals surface area contributed by atoms with E-state index >= 15 is 0 Å². The molecule has 0 amide bonds. The molecule has 0 heterocycles. The molecule has 0 aliphatic heterocycles. The van der Waals surface area contributed by atoms with Crippen LogP contribution in [-0.2, 0) is 23.1 Å². The monoisotopic (exact) mass is 321 g/mol. The van der Waals surface area contributed by atoms with Crippen molar-refractivity contribution in [1.29, 1.82) is 0 Å². The highest BCUT2D eigenvalue weighted by atomic mass is 35.5. The Kier molecular flexibility index (Phi) is 5.43. The summed E-state index contributed by atoms with van der Waals surface area (Å²) in [7, 11) is -0.849. The Hall–Kier alpha value is -1.32. The molecule has 0 aliphatic carbocycles. The molecule has 2 nitrogen and oxygen atoms in total. The van der Waals surface area contributed by atoms with Crippen LogP contribution in [0.25, 0.3) is 0 Å². The van der Waals surface area contributed by atoms with Crippen LogP contribution in [0.1, 0.15) is 22.3 Å². The van der Waals surface area contributed by atoms with Crippen molar-refractivity contribution in [3.05, 3.63) is 63.7 Å². The van der Waals surface area contributed by atoms with E-state index in [4.69, 9.17) is 11.6 Å². The molecule has 2 aromatic carbocycles. The molecule has 112 valence electrons. The molecule has 0 bridgehead atoms. The van der Waals surface area contributed by atoms with Crippen LogP contribution in [0.3, 0.4) is 0 Å². The SMILES string of the molecule is Cc1ccc(CNc2cc(C[S@](C)=O)ccc2Cl)c(C)c1. The fourth-order valence-electron chi connectivity index (χ4n) is 2.27. The molecule has 2 aromatic rings. The molecule has 0 saturated carbocycles. The molecular weight excluding hydrogens is 302 g/mol. The predicted molar refractivity (Wildman–Crippen MR) is 92.5 cm³/mol. The summed E-state index contributed by atoms with van der Waals surface area (Å²) >= 11 is 6.23. The topological polar surface area (TPSA) is 29.1 Å². The highest BCUT2D eigenvalue weighted by Gasteiger charge is 2.05. The summed E-state index contributed by atoms with van der Waals surface area (Å²) in [6.45, 7) is 4.93. The molecule has 0 unspecified atom stereocenters. The average molecular weight is 322 g/mol. The summed E-state index contributed by atoms with van der Waals surface area (Å²) < 4.78 is 11.3. The number of anilines is 1. The van der Waals surface area contributed by atoms with Crippen molar-refractivity contribution in [2.75, 3.05) is 11.6 Å². The first-order chi connectivity index (χ1) is 9.95. The van der Waals surface area contributed by atoms with Crippen molar-refractivity contribution in [3.63, 3.8) is 0 Å². The van der Waals surface area contributed by atoms with E-state index < -0.39 is 10.8 Å². The lowest BCUT2D eigenvalue weighted by Crippen LogP contribution is -2.03. The van der Waals surface area contributed by atoms with Crippen LogP contribution in [0, 0.1) is 13.8 Å². The lowest BCUT2D eigenvalue weighted by molar-refractivity contribution is 0.686. The van der Waals surface area contributed by atoms with Gasteiger partial charge < -0.3 is 5.32 Å². The second-order valence-corrected chi connectivity index (χ2v) is 7.16. The molecule has 4 heteroatoms. The van der Waals surface area contributed by atoms with E-state index in [0.29, 0.717) is 10.8 Å². The van der Waals surface area contributed by atoms with Gasteiger partial charge in [0.1, 0.15) is 0 Å². The molecule has 21 heavy (non-hydrogen) atoms. The maximum absolute atomic E-state index is 11.3. The summed E-state index contributed by atoms with van der Waals surface area (Å²) in [6.07, 6.45) is 1.71. The zero-order valence-corrected chi connectivity index (χ0v) is 14.1. The first-order valence-electron chi connectivity index (χ1n) is 6.84. The second kappa shape index (κ2) is 7.10. The van der Waals surface area contributed by atoms with Crippen molar-refractivity contribution < 1.29 is 4.21 Å². The van der Waals surface area contributed by atoms with Gasteiger partial charge in [-0.2, -0.15) is 0 Å². The largest absolute Gasteiger partial charge is 0.380 e. The Morgan fingerprint density at radius 2 is 1.90 bits per heavy atom. The third-order valence-corrected chi connectivity index (χ3v) is 4.44. The highest BCUT2D eigenvalue weighted by Crippen LogP contribution is 2.24. The van der Waals surface area contributed by atoms with E-state index in [1.54, 1.807) is 6.26 Å². The number of benzene rings is 2. The molecule has 0 spiro atoms. The summed E-state index contributed by atoms with van der Waals surface area (Å²) in [4.78, 5) is 0. The number of hydrogen-bond donors (Lipinski definition) is 1. The zero-order valence-electron chi connectivity index (χ0n) is 12.6. The first-order valence-corrected chi connectivity index (χ1v) is 8.94. The molecule has 0 fully saturated rings. The maximum Gasteiger partial charge on any atom is 0.0637 e. The van der Waals surface area contributed by atoms with Crippen LogP contribution in [0.15, 0.2) is 36.4 Å². The van der Waals surface area contributed by atoms with Gasteiger partial charge in [-0.15, -0.1) is 0 Å². The number of nitrogens with one attached hydrogen (secondary N) is 1. The van der Waals surface area contributed by atoms with Crippen LogP contribution < -0.4 is 5.32 Å². The summed E-state index contributed by atoms with van der Waals surface area (Å²) in [5, 5.41) is 4.06. The minimum absolute atomic E-state index is 0.551. The van der Waals surface area contributed by atoms with Crippen molar-refractivity contribution >= 4 is 28.1 Å². The lowest BCUT2D eigenvalue weighted by atomic mass is 10.1. The molecule has 1 atom stereocenters. The molecule has 0 aromatic heterocycles. The van der Waals surface area contributed by atoms with Gasteiger partial charge in [0.25, 0.3) is 0 Å². The van der Waals surface area contributed by atoms with E-state index in [-0.39, 0.29) is 0 Å². The normalized spacial score (nSPS) is 12.2. The van der Waals surface area contributed by atoms with E-state index in [9.17, 15) is 4.21 Å². The standard InChI is InChI=1S/C17H20ClNOS/c1-12-4-6-15(13(2)8-12)10-19-17-9-14(11-21(3)20)5-7-16(17)18/h4-9,19H,10-11H2,1-3H3/t21-/m0/s1. The summed E-state index contributed by atoms with van der Waals surface area (Å²) in [6, 6.07) is 12.2. The number of hydrogen-bond acceptors (Lipinski definition) is 2. The van der Waals surface area contributed by atoms with Crippen molar-refractivity contribution in [3.8, 4) is 0 Å². The van der Waals surface area contributed by atoms with Gasteiger partial charge in [-0.25, -0.2) is 0 Å². The minimum atomic E-state index is -0.849. The van der Waals surface area contributed by atoms with Gasteiger partial charge in [0.15, 0.2) is 0 Å². The van der Waals surface area contributed by atoms with Gasteiger partial charge >= 0.3 is 0 Å². The number of rotatable bonds is 5.